The Balaban J connectivity index is 1.37. The minimum Gasteiger partial charge on any atom is -0.377 e. The van der Waals surface area contributed by atoms with Gasteiger partial charge < -0.3 is 4.74 Å². The van der Waals surface area contributed by atoms with Crippen molar-refractivity contribution in [1.82, 2.24) is 10.3 Å². The second-order valence-corrected chi connectivity index (χ2v) is 7.52. The van der Waals surface area contributed by atoms with E-state index in [9.17, 15) is 0 Å². The summed E-state index contributed by atoms with van der Waals surface area (Å²) in [4.78, 5) is 4.33. The van der Waals surface area contributed by atoms with Crippen LogP contribution in [0.1, 0.15) is 66.1 Å². The maximum atomic E-state index is 5.71. The molecule has 0 radical (unpaired) electrons. The first kappa shape index (κ1) is 16.1. The van der Waals surface area contributed by atoms with E-state index in [-0.39, 0.29) is 18.3 Å². The highest BCUT2D eigenvalue weighted by atomic mass is 16.5. The van der Waals surface area contributed by atoms with Gasteiger partial charge in [-0.3, -0.25) is 10.3 Å². The molecule has 5 nitrogen and oxygen atoms in total. The molecule has 1 saturated heterocycles. The van der Waals surface area contributed by atoms with Gasteiger partial charge in [0.25, 0.3) is 0 Å². The second kappa shape index (κ2) is 6.89. The standard InChI is InChI=1S/C21H24N4O/c1-2-17(26-11-1)12-23-21-19-13-22-10-9-18(19)20(24-25-21)16-7-5-15(6-8-16)14-3-4-14/h5-10,13-14,17,20-21,23H,1-4,11-12H2/t17-,20?,21?/m0/s1. The molecule has 3 heterocycles. The highest BCUT2D eigenvalue weighted by Gasteiger charge is 2.28. The van der Waals surface area contributed by atoms with Crippen molar-refractivity contribution in [3.05, 3.63) is 65.0 Å². The van der Waals surface area contributed by atoms with E-state index in [0.717, 1.165) is 37.5 Å². The number of nitrogens with one attached hydrogen (secondary N) is 1. The molecule has 0 bridgehead atoms. The molecule has 5 rings (SSSR count). The number of hydrogen-bond donors (Lipinski definition) is 1. The van der Waals surface area contributed by atoms with Gasteiger partial charge in [-0.1, -0.05) is 24.3 Å². The zero-order chi connectivity index (χ0) is 17.3. The monoisotopic (exact) mass is 348 g/mol. The van der Waals surface area contributed by atoms with Crippen LogP contribution in [0.2, 0.25) is 0 Å². The van der Waals surface area contributed by atoms with Crippen molar-refractivity contribution in [2.45, 2.75) is 49.9 Å². The molecule has 1 aromatic heterocycles. The molecule has 1 N–H and O–H groups in total. The van der Waals surface area contributed by atoms with Gasteiger partial charge >= 0.3 is 0 Å². The van der Waals surface area contributed by atoms with E-state index in [1.54, 1.807) is 0 Å². The first-order chi connectivity index (χ1) is 12.9. The zero-order valence-corrected chi connectivity index (χ0v) is 14.8. The van der Waals surface area contributed by atoms with Gasteiger partial charge in [-0.2, -0.15) is 10.2 Å². The SMILES string of the molecule is c1cc2c(cn1)C(NC[C@@H]1CCCO1)N=NC2c1ccc(C2CC2)cc1. The van der Waals surface area contributed by atoms with Crippen LogP contribution in [0.15, 0.2) is 53.0 Å². The number of pyridine rings is 1. The van der Waals surface area contributed by atoms with Gasteiger partial charge in [0, 0.05) is 31.1 Å². The van der Waals surface area contributed by atoms with Crippen LogP contribution in [0.5, 0.6) is 0 Å². The average molecular weight is 348 g/mol. The third-order valence-electron chi connectivity index (χ3n) is 5.64. The van der Waals surface area contributed by atoms with Gasteiger partial charge in [0.15, 0.2) is 0 Å². The minimum atomic E-state index is -0.134. The Kier molecular flexibility index (Phi) is 4.27. The van der Waals surface area contributed by atoms with E-state index in [1.165, 1.54) is 29.5 Å². The van der Waals surface area contributed by atoms with Gasteiger partial charge in [0.2, 0.25) is 0 Å². The van der Waals surface area contributed by atoms with Crippen molar-refractivity contribution in [3.63, 3.8) is 0 Å². The van der Waals surface area contributed by atoms with Crippen LogP contribution in [0.4, 0.5) is 0 Å². The molecular formula is C21H24N4O. The number of rotatable bonds is 5. The topological polar surface area (TPSA) is 58.9 Å². The summed E-state index contributed by atoms with van der Waals surface area (Å²) in [5.74, 6) is 0.778. The molecule has 2 unspecified atom stereocenters. The van der Waals surface area contributed by atoms with Gasteiger partial charge in [0.1, 0.15) is 12.2 Å². The van der Waals surface area contributed by atoms with Crippen LogP contribution in [-0.4, -0.2) is 24.2 Å². The second-order valence-electron chi connectivity index (χ2n) is 7.52. The van der Waals surface area contributed by atoms with E-state index < -0.39 is 0 Å². The number of ether oxygens (including phenoxy) is 1. The molecule has 2 aromatic rings. The number of azo groups is 1. The number of nitrogens with zero attached hydrogens (tertiary/aromatic N) is 3. The predicted molar refractivity (Wildman–Crippen MR) is 99.1 cm³/mol. The Labute approximate surface area is 153 Å². The molecule has 1 aromatic carbocycles. The van der Waals surface area contributed by atoms with Crippen molar-refractivity contribution in [1.29, 1.82) is 0 Å². The minimum absolute atomic E-state index is 0.0398. The first-order valence-corrected chi connectivity index (χ1v) is 9.67. The van der Waals surface area contributed by atoms with Crippen molar-refractivity contribution < 1.29 is 4.74 Å². The predicted octanol–water partition coefficient (Wildman–Crippen LogP) is 4.28. The number of benzene rings is 1. The smallest absolute Gasteiger partial charge is 0.148 e. The lowest BCUT2D eigenvalue weighted by molar-refractivity contribution is 0.107. The van der Waals surface area contributed by atoms with Crippen LogP contribution >= 0.6 is 0 Å². The lowest BCUT2D eigenvalue weighted by Gasteiger charge is -2.26. The Morgan fingerprint density at radius 2 is 1.81 bits per heavy atom. The lowest BCUT2D eigenvalue weighted by Crippen LogP contribution is -2.31. The quantitative estimate of drug-likeness (QED) is 0.877. The van der Waals surface area contributed by atoms with Crippen LogP contribution in [-0.2, 0) is 4.74 Å². The number of hydrogen-bond acceptors (Lipinski definition) is 5. The highest BCUT2D eigenvalue weighted by molar-refractivity contribution is 5.40. The molecule has 3 atom stereocenters. The first-order valence-electron chi connectivity index (χ1n) is 9.67. The summed E-state index contributed by atoms with van der Waals surface area (Å²) in [6.07, 6.45) is 8.85. The number of aromatic nitrogens is 1. The number of fused-ring (bicyclic) bond motifs is 1. The van der Waals surface area contributed by atoms with E-state index >= 15 is 0 Å². The largest absolute Gasteiger partial charge is 0.377 e. The maximum Gasteiger partial charge on any atom is 0.148 e. The summed E-state index contributed by atoms with van der Waals surface area (Å²) in [7, 11) is 0. The molecule has 26 heavy (non-hydrogen) atoms. The molecular weight excluding hydrogens is 324 g/mol. The Morgan fingerprint density at radius 1 is 0.962 bits per heavy atom. The zero-order valence-electron chi connectivity index (χ0n) is 14.8. The van der Waals surface area contributed by atoms with Gasteiger partial charge in [-0.05, 0) is 54.4 Å². The molecule has 1 saturated carbocycles. The Bertz CT molecular complexity index is 794. The summed E-state index contributed by atoms with van der Waals surface area (Å²) in [6, 6.07) is 11.0. The van der Waals surface area contributed by atoms with Gasteiger partial charge in [0.05, 0.1) is 6.10 Å². The van der Waals surface area contributed by atoms with E-state index in [2.05, 4.69) is 50.9 Å². The fourth-order valence-corrected chi connectivity index (χ4v) is 3.97. The van der Waals surface area contributed by atoms with Crippen molar-refractivity contribution in [2.75, 3.05) is 13.2 Å². The van der Waals surface area contributed by atoms with Gasteiger partial charge in [-0.15, -0.1) is 0 Å². The van der Waals surface area contributed by atoms with E-state index in [1.807, 2.05) is 12.4 Å². The molecule has 1 aliphatic carbocycles. The fraction of sp³-hybridized carbons (Fsp3) is 0.476. The van der Waals surface area contributed by atoms with E-state index in [0.29, 0.717) is 0 Å². The Morgan fingerprint density at radius 3 is 2.58 bits per heavy atom. The summed E-state index contributed by atoms with van der Waals surface area (Å²) in [5.41, 5.74) is 4.96. The summed E-state index contributed by atoms with van der Waals surface area (Å²) < 4.78 is 5.71. The lowest BCUT2D eigenvalue weighted by atomic mass is 9.93. The third-order valence-corrected chi connectivity index (χ3v) is 5.64. The molecule has 0 amide bonds. The fourth-order valence-electron chi connectivity index (χ4n) is 3.97. The van der Waals surface area contributed by atoms with Crippen molar-refractivity contribution in [3.8, 4) is 0 Å². The van der Waals surface area contributed by atoms with Crippen LogP contribution in [0.25, 0.3) is 0 Å². The summed E-state index contributed by atoms with van der Waals surface area (Å²) in [6.45, 7) is 1.67. The van der Waals surface area contributed by atoms with Crippen LogP contribution in [0.3, 0.4) is 0 Å². The normalized spacial score (nSPS) is 27.5. The third kappa shape index (κ3) is 3.17. The molecule has 134 valence electrons. The van der Waals surface area contributed by atoms with Crippen LogP contribution < -0.4 is 5.32 Å². The highest BCUT2D eigenvalue weighted by Crippen LogP contribution is 2.41. The molecule has 0 spiro atoms. The molecule has 5 heteroatoms. The van der Waals surface area contributed by atoms with Crippen molar-refractivity contribution in [2.24, 2.45) is 10.2 Å². The molecule has 2 fully saturated rings. The summed E-state index contributed by atoms with van der Waals surface area (Å²) in [5, 5.41) is 12.7. The van der Waals surface area contributed by atoms with Crippen molar-refractivity contribution >= 4 is 0 Å². The maximum absolute atomic E-state index is 5.71. The average Bonchev–Trinajstić information content (AvgIpc) is 3.42. The van der Waals surface area contributed by atoms with Crippen LogP contribution in [0, 0.1) is 0 Å². The molecule has 3 aliphatic rings. The summed E-state index contributed by atoms with van der Waals surface area (Å²) >= 11 is 0. The Hall–Kier alpha value is -2.11. The van der Waals surface area contributed by atoms with Gasteiger partial charge in [-0.25, -0.2) is 0 Å². The molecule has 2 aliphatic heterocycles. The van der Waals surface area contributed by atoms with E-state index in [4.69, 9.17) is 4.74 Å².